The maximum absolute atomic E-state index is 13.4. The highest BCUT2D eigenvalue weighted by Crippen LogP contribution is 2.31. The summed E-state index contributed by atoms with van der Waals surface area (Å²) in [5, 5.41) is 0.537. The molecule has 0 saturated carbocycles. The summed E-state index contributed by atoms with van der Waals surface area (Å²) >= 11 is 6.43. The van der Waals surface area contributed by atoms with Gasteiger partial charge in [-0.25, -0.2) is 4.99 Å². The number of aliphatic imine (C=N–C) groups is 1. The molecule has 4 nitrogen and oxygen atoms in total. The van der Waals surface area contributed by atoms with Crippen molar-refractivity contribution in [3.05, 3.63) is 100 Å². The maximum Gasteiger partial charge on any atom is 0.282 e. The van der Waals surface area contributed by atoms with Gasteiger partial charge in [-0.1, -0.05) is 54.1 Å². The molecule has 1 aliphatic rings. The third-order valence-corrected chi connectivity index (χ3v) is 5.00. The quantitative estimate of drug-likeness (QED) is 0.541. The van der Waals surface area contributed by atoms with E-state index in [9.17, 15) is 4.79 Å². The number of ether oxygens (including phenoxy) is 1. The number of carbonyl (C=O) groups excluding carboxylic acids is 1. The summed E-state index contributed by atoms with van der Waals surface area (Å²) in [6.07, 6.45) is 1.74. The van der Waals surface area contributed by atoms with Gasteiger partial charge in [-0.05, 0) is 48.9 Å². The van der Waals surface area contributed by atoms with Crippen LogP contribution in [-0.4, -0.2) is 18.9 Å². The van der Waals surface area contributed by atoms with Crippen LogP contribution in [0.2, 0.25) is 5.02 Å². The topological polar surface area (TPSA) is 41.9 Å². The molecule has 29 heavy (non-hydrogen) atoms. The zero-order valence-corrected chi connectivity index (χ0v) is 16.9. The van der Waals surface area contributed by atoms with Gasteiger partial charge >= 0.3 is 0 Å². The smallest absolute Gasteiger partial charge is 0.282 e. The lowest BCUT2D eigenvalue weighted by atomic mass is 10.1. The molecule has 0 fully saturated rings. The fourth-order valence-corrected chi connectivity index (χ4v) is 3.50. The van der Waals surface area contributed by atoms with E-state index in [1.54, 1.807) is 24.2 Å². The van der Waals surface area contributed by atoms with Gasteiger partial charge in [0.1, 0.15) is 17.3 Å². The Bertz CT molecular complexity index is 1150. The van der Waals surface area contributed by atoms with Gasteiger partial charge in [-0.15, -0.1) is 0 Å². The number of amidine groups is 1. The van der Waals surface area contributed by atoms with Crippen LogP contribution in [0.3, 0.4) is 0 Å². The van der Waals surface area contributed by atoms with Gasteiger partial charge < -0.3 is 4.74 Å². The molecule has 4 rings (SSSR count). The average molecular weight is 403 g/mol. The SMILES string of the molecule is COc1ccccc1/C=C1/N=C(c2ccccc2Cl)N(c2cccc(C)c2)C1=O. The number of hydrogen-bond acceptors (Lipinski definition) is 3. The van der Waals surface area contributed by atoms with Gasteiger partial charge in [0.2, 0.25) is 0 Å². The van der Waals surface area contributed by atoms with Crippen molar-refractivity contribution in [2.45, 2.75) is 6.92 Å². The zero-order chi connectivity index (χ0) is 20.4. The molecule has 1 heterocycles. The summed E-state index contributed by atoms with van der Waals surface area (Å²) in [5.74, 6) is 0.972. The lowest BCUT2D eigenvalue weighted by molar-refractivity contribution is -0.113. The number of amides is 1. The highest BCUT2D eigenvalue weighted by atomic mass is 35.5. The third kappa shape index (κ3) is 3.67. The van der Waals surface area contributed by atoms with Gasteiger partial charge in [0.05, 0.1) is 17.8 Å². The molecular formula is C24H19ClN2O2. The third-order valence-electron chi connectivity index (χ3n) is 4.67. The second-order valence-corrected chi connectivity index (χ2v) is 7.07. The lowest BCUT2D eigenvalue weighted by Gasteiger charge is -2.19. The fourth-order valence-electron chi connectivity index (χ4n) is 3.28. The van der Waals surface area contributed by atoms with Gasteiger partial charge in [0.15, 0.2) is 0 Å². The Morgan fingerprint density at radius 2 is 1.76 bits per heavy atom. The predicted molar refractivity (Wildman–Crippen MR) is 118 cm³/mol. The molecule has 0 aliphatic carbocycles. The summed E-state index contributed by atoms with van der Waals surface area (Å²) < 4.78 is 5.41. The van der Waals surface area contributed by atoms with Crippen molar-refractivity contribution in [3.63, 3.8) is 0 Å². The molecule has 0 unspecified atom stereocenters. The molecule has 0 atom stereocenters. The minimum atomic E-state index is -0.212. The van der Waals surface area contributed by atoms with E-state index in [1.165, 1.54) is 0 Å². The minimum Gasteiger partial charge on any atom is -0.496 e. The summed E-state index contributed by atoms with van der Waals surface area (Å²) in [7, 11) is 1.60. The fraction of sp³-hybridized carbons (Fsp3) is 0.0833. The summed E-state index contributed by atoms with van der Waals surface area (Å²) in [6, 6.07) is 22.7. The molecule has 0 radical (unpaired) electrons. The molecule has 0 N–H and O–H groups in total. The molecule has 0 bridgehead atoms. The second kappa shape index (κ2) is 7.94. The van der Waals surface area contributed by atoms with Crippen molar-refractivity contribution < 1.29 is 9.53 Å². The monoisotopic (exact) mass is 402 g/mol. The first-order chi connectivity index (χ1) is 14.1. The number of para-hydroxylation sites is 1. The molecular weight excluding hydrogens is 384 g/mol. The Balaban J connectivity index is 1.88. The molecule has 5 heteroatoms. The van der Waals surface area contributed by atoms with E-state index < -0.39 is 0 Å². The minimum absolute atomic E-state index is 0.212. The Morgan fingerprint density at radius 3 is 2.52 bits per heavy atom. The van der Waals surface area contributed by atoms with E-state index >= 15 is 0 Å². The largest absolute Gasteiger partial charge is 0.496 e. The van der Waals surface area contributed by atoms with Crippen molar-refractivity contribution >= 4 is 35.1 Å². The van der Waals surface area contributed by atoms with E-state index in [2.05, 4.69) is 4.99 Å². The highest BCUT2D eigenvalue weighted by molar-refractivity contribution is 6.39. The van der Waals surface area contributed by atoms with Crippen molar-refractivity contribution in [2.75, 3.05) is 12.0 Å². The molecule has 1 aliphatic heterocycles. The van der Waals surface area contributed by atoms with Crippen LogP contribution in [0, 0.1) is 6.92 Å². The molecule has 0 aromatic heterocycles. The molecule has 3 aromatic rings. The number of aryl methyl sites for hydroxylation is 1. The van der Waals surface area contributed by atoms with Crippen LogP contribution >= 0.6 is 11.6 Å². The van der Waals surface area contributed by atoms with Crippen molar-refractivity contribution in [2.24, 2.45) is 4.99 Å². The Hall–Kier alpha value is -3.37. The summed E-state index contributed by atoms with van der Waals surface area (Å²) in [6.45, 7) is 1.99. The van der Waals surface area contributed by atoms with Gasteiger partial charge in [-0.3, -0.25) is 9.69 Å². The molecule has 0 spiro atoms. The number of hydrogen-bond donors (Lipinski definition) is 0. The number of halogens is 1. The second-order valence-electron chi connectivity index (χ2n) is 6.67. The summed E-state index contributed by atoms with van der Waals surface area (Å²) in [4.78, 5) is 19.7. The number of methoxy groups -OCH3 is 1. The van der Waals surface area contributed by atoms with Crippen LogP contribution in [0.4, 0.5) is 5.69 Å². The standard InChI is InChI=1S/C24H19ClN2O2/c1-16-8-7-10-18(14-16)27-23(19-11-4-5-12-20(19)25)26-21(24(27)28)15-17-9-3-6-13-22(17)29-2/h3-15H,1-2H3/b21-15+. The number of benzene rings is 3. The van der Waals surface area contributed by atoms with Crippen molar-refractivity contribution in [1.29, 1.82) is 0 Å². The maximum atomic E-state index is 13.4. The Kier molecular flexibility index (Phi) is 5.19. The first-order valence-corrected chi connectivity index (χ1v) is 9.55. The van der Waals surface area contributed by atoms with Crippen molar-refractivity contribution in [1.82, 2.24) is 0 Å². The summed E-state index contributed by atoms with van der Waals surface area (Å²) in [5.41, 5.74) is 3.61. The molecule has 3 aromatic carbocycles. The predicted octanol–water partition coefficient (Wildman–Crippen LogP) is 5.49. The van der Waals surface area contributed by atoms with Crippen LogP contribution < -0.4 is 9.64 Å². The van der Waals surface area contributed by atoms with Crippen LogP contribution in [0.5, 0.6) is 5.75 Å². The van der Waals surface area contributed by atoms with E-state index in [0.717, 1.165) is 16.8 Å². The average Bonchev–Trinajstić information content (AvgIpc) is 3.04. The first kappa shape index (κ1) is 19.0. The normalized spacial score (nSPS) is 15.0. The van der Waals surface area contributed by atoms with E-state index in [4.69, 9.17) is 16.3 Å². The van der Waals surface area contributed by atoms with E-state index in [-0.39, 0.29) is 5.91 Å². The Labute approximate surface area is 174 Å². The zero-order valence-electron chi connectivity index (χ0n) is 16.1. The number of nitrogens with zero attached hydrogens (tertiary/aromatic N) is 2. The molecule has 0 saturated heterocycles. The number of carbonyl (C=O) groups is 1. The van der Waals surface area contributed by atoms with E-state index in [0.29, 0.717) is 27.9 Å². The van der Waals surface area contributed by atoms with E-state index in [1.807, 2.05) is 73.7 Å². The number of rotatable bonds is 4. The lowest BCUT2D eigenvalue weighted by Crippen LogP contribution is -2.32. The first-order valence-electron chi connectivity index (χ1n) is 9.18. The Morgan fingerprint density at radius 1 is 1.00 bits per heavy atom. The molecule has 1 amide bonds. The highest BCUT2D eigenvalue weighted by Gasteiger charge is 2.33. The number of anilines is 1. The molecule has 144 valence electrons. The van der Waals surface area contributed by atoms with Crippen LogP contribution in [0.1, 0.15) is 16.7 Å². The van der Waals surface area contributed by atoms with Crippen LogP contribution in [0.25, 0.3) is 6.08 Å². The van der Waals surface area contributed by atoms with Crippen molar-refractivity contribution in [3.8, 4) is 5.75 Å². The van der Waals surface area contributed by atoms with Crippen LogP contribution in [-0.2, 0) is 4.79 Å². The van der Waals surface area contributed by atoms with Gasteiger partial charge in [-0.2, -0.15) is 0 Å². The van der Waals surface area contributed by atoms with Crippen LogP contribution in [0.15, 0.2) is 83.5 Å². The van der Waals surface area contributed by atoms with Gasteiger partial charge in [0.25, 0.3) is 5.91 Å². The van der Waals surface area contributed by atoms with Gasteiger partial charge in [0, 0.05) is 11.1 Å².